The van der Waals surface area contributed by atoms with Gasteiger partial charge in [-0.05, 0) is 30.2 Å². The fraction of sp³-hybridized carbons (Fsp3) is 0.333. The quantitative estimate of drug-likeness (QED) is 0.838. The lowest BCUT2D eigenvalue weighted by atomic mass is 9.99. The van der Waals surface area contributed by atoms with Crippen LogP contribution in [0.15, 0.2) is 48.5 Å². The Balaban J connectivity index is 2.27. The molecule has 0 aliphatic rings. The Hall–Kier alpha value is -1.80. The van der Waals surface area contributed by atoms with Gasteiger partial charge in [-0.2, -0.15) is 0 Å². The van der Waals surface area contributed by atoms with E-state index in [2.05, 4.69) is 49.5 Å². The van der Waals surface area contributed by atoms with Gasteiger partial charge in [0.05, 0.1) is 7.11 Å². The number of benzene rings is 2. The van der Waals surface area contributed by atoms with E-state index >= 15 is 0 Å². The Morgan fingerprint density at radius 2 is 1.70 bits per heavy atom. The van der Waals surface area contributed by atoms with E-state index in [-0.39, 0.29) is 0 Å². The van der Waals surface area contributed by atoms with Crippen LogP contribution in [0.3, 0.4) is 0 Å². The number of hydrogen-bond acceptors (Lipinski definition) is 2. The van der Waals surface area contributed by atoms with Gasteiger partial charge in [0.15, 0.2) is 0 Å². The van der Waals surface area contributed by atoms with E-state index in [9.17, 15) is 0 Å². The maximum absolute atomic E-state index is 5.42. The number of nitrogens with one attached hydrogen (secondary N) is 1. The van der Waals surface area contributed by atoms with Gasteiger partial charge in [-0.3, -0.25) is 0 Å². The van der Waals surface area contributed by atoms with Crippen LogP contribution in [0.5, 0.6) is 5.75 Å². The molecule has 1 N–H and O–H groups in total. The van der Waals surface area contributed by atoms with Crippen LogP contribution in [0.4, 0.5) is 0 Å². The maximum Gasteiger partial charge on any atom is 0.126 e. The van der Waals surface area contributed by atoms with E-state index in [1.54, 1.807) is 7.11 Å². The first-order valence-corrected chi connectivity index (χ1v) is 7.26. The van der Waals surface area contributed by atoms with Gasteiger partial charge >= 0.3 is 0 Å². The fourth-order valence-electron chi connectivity index (χ4n) is 2.52. The van der Waals surface area contributed by atoms with Crippen LogP contribution in [0.2, 0.25) is 0 Å². The molecule has 20 heavy (non-hydrogen) atoms. The summed E-state index contributed by atoms with van der Waals surface area (Å²) in [5.74, 6) is 0.916. The molecule has 2 heteroatoms. The van der Waals surface area contributed by atoms with Gasteiger partial charge in [-0.15, -0.1) is 0 Å². The number of methoxy groups -OCH3 is 1. The van der Waals surface area contributed by atoms with Crippen molar-refractivity contribution in [3.8, 4) is 16.9 Å². The van der Waals surface area contributed by atoms with E-state index < -0.39 is 0 Å². The highest BCUT2D eigenvalue weighted by Crippen LogP contribution is 2.30. The standard InChI is InChI=1S/C18H23NO/c1-4-17(19-5-2)15-12-10-14(11-13-15)16-8-6-7-9-18(16)20-3/h6-13,17,19H,4-5H2,1-3H3. The predicted octanol–water partition coefficient (Wildman–Crippen LogP) is 4.42. The average molecular weight is 269 g/mol. The summed E-state index contributed by atoms with van der Waals surface area (Å²) >= 11 is 0. The van der Waals surface area contributed by atoms with E-state index in [1.807, 2.05) is 18.2 Å². The molecule has 0 aromatic heterocycles. The second-order valence-corrected chi connectivity index (χ2v) is 4.84. The van der Waals surface area contributed by atoms with Crippen molar-refractivity contribution in [1.82, 2.24) is 5.32 Å². The molecule has 0 saturated carbocycles. The maximum atomic E-state index is 5.42. The minimum atomic E-state index is 0.437. The molecule has 0 amide bonds. The Bertz CT molecular complexity index is 533. The van der Waals surface area contributed by atoms with Crippen LogP contribution >= 0.6 is 0 Å². The molecular formula is C18H23NO. The summed E-state index contributed by atoms with van der Waals surface area (Å²) in [5.41, 5.74) is 3.67. The van der Waals surface area contributed by atoms with Crippen LogP contribution in [-0.2, 0) is 0 Å². The molecule has 0 aliphatic carbocycles. The van der Waals surface area contributed by atoms with Gasteiger partial charge in [-0.1, -0.05) is 56.3 Å². The second kappa shape index (κ2) is 7.11. The molecule has 2 nitrogen and oxygen atoms in total. The first-order chi connectivity index (χ1) is 9.80. The largest absolute Gasteiger partial charge is 0.496 e. The molecule has 0 aliphatic heterocycles. The smallest absolute Gasteiger partial charge is 0.126 e. The molecule has 0 bridgehead atoms. The van der Waals surface area contributed by atoms with Crippen LogP contribution in [0.25, 0.3) is 11.1 Å². The van der Waals surface area contributed by atoms with Crippen LogP contribution in [-0.4, -0.2) is 13.7 Å². The number of hydrogen-bond donors (Lipinski definition) is 1. The minimum Gasteiger partial charge on any atom is -0.496 e. The van der Waals surface area contributed by atoms with E-state index in [4.69, 9.17) is 4.74 Å². The molecule has 0 radical (unpaired) electrons. The third-order valence-electron chi connectivity index (χ3n) is 3.59. The van der Waals surface area contributed by atoms with Crippen molar-refractivity contribution in [2.24, 2.45) is 0 Å². The highest BCUT2D eigenvalue weighted by Gasteiger charge is 2.09. The van der Waals surface area contributed by atoms with Gasteiger partial charge in [0.25, 0.3) is 0 Å². The molecule has 1 unspecified atom stereocenters. The summed E-state index contributed by atoms with van der Waals surface area (Å²) < 4.78 is 5.42. The molecule has 0 fully saturated rings. The molecule has 106 valence electrons. The highest BCUT2D eigenvalue weighted by atomic mass is 16.5. The summed E-state index contributed by atoms with van der Waals surface area (Å²) in [6.45, 7) is 5.35. The van der Waals surface area contributed by atoms with Crippen molar-refractivity contribution >= 4 is 0 Å². The summed E-state index contributed by atoms with van der Waals surface area (Å²) in [4.78, 5) is 0. The molecule has 2 aromatic rings. The van der Waals surface area contributed by atoms with Crippen LogP contribution in [0.1, 0.15) is 31.9 Å². The summed E-state index contributed by atoms with van der Waals surface area (Å²) in [5, 5.41) is 3.51. The average Bonchev–Trinajstić information content (AvgIpc) is 2.53. The van der Waals surface area contributed by atoms with Gasteiger partial charge in [0, 0.05) is 11.6 Å². The lowest BCUT2D eigenvalue weighted by Crippen LogP contribution is -2.19. The summed E-state index contributed by atoms with van der Waals surface area (Å²) in [7, 11) is 1.71. The van der Waals surface area contributed by atoms with Crippen LogP contribution in [0, 0.1) is 0 Å². The van der Waals surface area contributed by atoms with E-state index in [0.29, 0.717) is 6.04 Å². The molecule has 2 rings (SSSR count). The number of para-hydroxylation sites is 1. The van der Waals surface area contributed by atoms with Crippen molar-refractivity contribution in [3.05, 3.63) is 54.1 Å². The Kier molecular flexibility index (Phi) is 5.19. The SMILES string of the molecule is CCNC(CC)c1ccc(-c2ccccc2OC)cc1. The first kappa shape index (κ1) is 14.6. The molecule has 0 heterocycles. The van der Waals surface area contributed by atoms with Gasteiger partial charge in [0.1, 0.15) is 5.75 Å². The lowest BCUT2D eigenvalue weighted by molar-refractivity contribution is 0.416. The fourth-order valence-corrected chi connectivity index (χ4v) is 2.52. The number of rotatable bonds is 6. The van der Waals surface area contributed by atoms with Crippen molar-refractivity contribution < 1.29 is 4.74 Å². The first-order valence-electron chi connectivity index (χ1n) is 7.26. The minimum absolute atomic E-state index is 0.437. The van der Waals surface area contributed by atoms with Crippen molar-refractivity contribution in [1.29, 1.82) is 0 Å². The Labute approximate surface area is 121 Å². The van der Waals surface area contributed by atoms with E-state index in [0.717, 1.165) is 24.3 Å². The monoisotopic (exact) mass is 269 g/mol. The van der Waals surface area contributed by atoms with Gasteiger partial charge in [0.2, 0.25) is 0 Å². The zero-order valence-corrected chi connectivity index (χ0v) is 12.5. The van der Waals surface area contributed by atoms with Gasteiger partial charge < -0.3 is 10.1 Å². The van der Waals surface area contributed by atoms with Gasteiger partial charge in [-0.25, -0.2) is 0 Å². The predicted molar refractivity (Wildman–Crippen MR) is 85.1 cm³/mol. The molecule has 2 aromatic carbocycles. The molecule has 1 atom stereocenters. The number of ether oxygens (including phenoxy) is 1. The van der Waals surface area contributed by atoms with Crippen molar-refractivity contribution in [3.63, 3.8) is 0 Å². The Morgan fingerprint density at radius 1 is 1.00 bits per heavy atom. The summed E-state index contributed by atoms with van der Waals surface area (Å²) in [6.07, 6.45) is 1.10. The summed E-state index contributed by atoms with van der Waals surface area (Å²) in [6, 6.07) is 17.3. The zero-order chi connectivity index (χ0) is 14.4. The molecular weight excluding hydrogens is 246 g/mol. The highest BCUT2D eigenvalue weighted by molar-refractivity contribution is 5.70. The second-order valence-electron chi connectivity index (χ2n) is 4.84. The third-order valence-corrected chi connectivity index (χ3v) is 3.59. The van der Waals surface area contributed by atoms with Crippen LogP contribution < -0.4 is 10.1 Å². The van der Waals surface area contributed by atoms with Crippen molar-refractivity contribution in [2.75, 3.05) is 13.7 Å². The molecule has 0 saturated heterocycles. The topological polar surface area (TPSA) is 21.3 Å². The Morgan fingerprint density at radius 3 is 2.30 bits per heavy atom. The normalized spacial score (nSPS) is 12.2. The lowest BCUT2D eigenvalue weighted by Gasteiger charge is -2.17. The third kappa shape index (κ3) is 3.20. The molecule has 0 spiro atoms. The zero-order valence-electron chi connectivity index (χ0n) is 12.5. The van der Waals surface area contributed by atoms with E-state index in [1.165, 1.54) is 11.1 Å². The van der Waals surface area contributed by atoms with Crippen molar-refractivity contribution in [2.45, 2.75) is 26.3 Å².